The molecule has 0 spiro atoms. The highest BCUT2D eigenvalue weighted by molar-refractivity contribution is 14.0. The number of unbranched alkanes of at least 4 members (excludes halogenated alkanes) is 1. The third kappa shape index (κ3) is 6.82. The zero-order valence-electron chi connectivity index (χ0n) is 13.8. The Morgan fingerprint density at radius 2 is 2.04 bits per heavy atom. The summed E-state index contributed by atoms with van der Waals surface area (Å²) in [6.45, 7) is 5.38. The summed E-state index contributed by atoms with van der Waals surface area (Å²) in [5, 5.41) is 6.49. The lowest BCUT2D eigenvalue weighted by Gasteiger charge is -2.12. The van der Waals surface area contributed by atoms with E-state index < -0.39 is 0 Å². The molecule has 0 saturated carbocycles. The molecule has 0 amide bonds. The average Bonchev–Trinajstić information content (AvgIpc) is 3.01. The number of guanidine groups is 1. The number of fused-ring (bicyclic) bond motifs is 1. The molecule has 6 nitrogen and oxygen atoms in total. The lowest BCUT2D eigenvalue weighted by Crippen LogP contribution is -2.38. The van der Waals surface area contributed by atoms with Gasteiger partial charge in [0.2, 0.25) is 6.79 Å². The zero-order valence-corrected chi connectivity index (χ0v) is 16.1. The van der Waals surface area contributed by atoms with Gasteiger partial charge in [0.15, 0.2) is 17.5 Å². The Labute approximate surface area is 155 Å². The minimum Gasteiger partial charge on any atom is -0.454 e. The molecule has 1 aliphatic rings. The Morgan fingerprint density at radius 3 is 2.83 bits per heavy atom. The summed E-state index contributed by atoms with van der Waals surface area (Å²) in [5.74, 6) is 2.36. The van der Waals surface area contributed by atoms with E-state index in [-0.39, 0.29) is 24.0 Å². The Morgan fingerprint density at radius 1 is 1.22 bits per heavy atom. The van der Waals surface area contributed by atoms with Crippen LogP contribution >= 0.6 is 24.0 Å². The van der Waals surface area contributed by atoms with Gasteiger partial charge in [0, 0.05) is 26.7 Å². The number of halogens is 1. The topological polar surface area (TPSA) is 64.1 Å². The predicted octanol–water partition coefficient (Wildman–Crippen LogP) is 2.52. The second-order valence-corrected chi connectivity index (χ2v) is 5.01. The summed E-state index contributed by atoms with van der Waals surface area (Å²) in [5.41, 5.74) is 1.12. The van der Waals surface area contributed by atoms with Crippen LogP contribution in [0.15, 0.2) is 23.2 Å². The number of nitrogens with one attached hydrogen (secondary N) is 2. The fraction of sp³-hybridized carbons (Fsp3) is 0.562. The molecule has 1 aliphatic heterocycles. The van der Waals surface area contributed by atoms with E-state index in [0.717, 1.165) is 49.0 Å². The quantitative estimate of drug-likeness (QED) is 0.285. The van der Waals surface area contributed by atoms with E-state index in [1.165, 1.54) is 0 Å². The molecule has 0 aliphatic carbocycles. The number of hydrogen-bond donors (Lipinski definition) is 2. The minimum absolute atomic E-state index is 0. The van der Waals surface area contributed by atoms with Gasteiger partial charge >= 0.3 is 0 Å². The molecule has 7 heteroatoms. The summed E-state index contributed by atoms with van der Waals surface area (Å²) in [6, 6.07) is 5.93. The van der Waals surface area contributed by atoms with Crippen molar-refractivity contribution in [1.29, 1.82) is 0 Å². The fourth-order valence-corrected chi connectivity index (χ4v) is 2.05. The number of ether oxygens (including phenoxy) is 3. The summed E-state index contributed by atoms with van der Waals surface area (Å²) in [4.78, 5) is 4.19. The number of aliphatic imine (C=N–C) groups is 1. The lowest BCUT2D eigenvalue weighted by molar-refractivity contribution is 0.136. The summed E-state index contributed by atoms with van der Waals surface area (Å²) in [7, 11) is 1.76. The van der Waals surface area contributed by atoms with Crippen molar-refractivity contribution in [3.63, 3.8) is 0 Å². The van der Waals surface area contributed by atoms with Crippen LogP contribution in [-0.2, 0) is 11.3 Å². The second kappa shape index (κ2) is 11.3. The van der Waals surface area contributed by atoms with E-state index in [1.54, 1.807) is 7.05 Å². The summed E-state index contributed by atoms with van der Waals surface area (Å²) in [6.07, 6.45) is 2.27. The maximum Gasteiger partial charge on any atom is 0.231 e. The largest absolute Gasteiger partial charge is 0.454 e. The van der Waals surface area contributed by atoms with Crippen LogP contribution in [0.2, 0.25) is 0 Å². The van der Waals surface area contributed by atoms with Crippen LogP contribution in [-0.4, -0.2) is 39.6 Å². The van der Waals surface area contributed by atoms with Crippen molar-refractivity contribution in [2.24, 2.45) is 4.99 Å². The molecule has 23 heavy (non-hydrogen) atoms. The Kier molecular flexibility index (Phi) is 9.77. The van der Waals surface area contributed by atoms with Crippen LogP contribution in [0, 0.1) is 0 Å². The number of nitrogens with zero attached hydrogens (tertiary/aromatic N) is 1. The van der Waals surface area contributed by atoms with E-state index in [9.17, 15) is 0 Å². The van der Waals surface area contributed by atoms with Crippen molar-refractivity contribution < 1.29 is 14.2 Å². The maximum absolute atomic E-state index is 5.51. The molecule has 1 aromatic carbocycles. The molecule has 130 valence electrons. The predicted molar refractivity (Wildman–Crippen MR) is 102 cm³/mol. The summed E-state index contributed by atoms with van der Waals surface area (Å²) >= 11 is 0. The van der Waals surface area contributed by atoms with Gasteiger partial charge in [0.1, 0.15) is 0 Å². The Bertz CT molecular complexity index is 497. The molecule has 2 N–H and O–H groups in total. The lowest BCUT2D eigenvalue weighted by atomic mass is 10.2. The Balaban J connectivity index is 0.00000264. The minimum atomic E-state index is 0. The molecule has 2 rings (SSSR count). The van der Waals surface area contributed by atoms with Crippen LogP contribution in [0.4, 0.5) is 0 Å². The smallest absolute Gasteiger partial charge is 0.231 e. The average molecular weight is 435 g/mol. The highest BCUT2D eigenvalue weighted by atomic mass is 127. The van der Waals surface area contributed by atoms with Gasteiger partial charge in [-0.2, -0.15) is 0 Å². The van der Waals surface area contributed by atoms with Crippen molar-refractivity contribution >= 4 is 29.9 Å². The molecular formula is C16H26IN3O3. The third-order valence-electron chi connectivity index (χ3n) is 3.30. The Hall–Kier alpha value is -1.22. The van der Waals surface area contributed by atoms with E-state index in [2.05, 4.69) is 22.5 Å². The first-order valence-electron chi connectivity index (χ1n) is 7.74. The first kappa shape index (κ1) is 19.8. The van der Waals surface area contributed by atoms with Crippen LogP contribution in [0.25, 0.3) is 0 Å². The van der Waals surface area contributed by atoms with E-state index in [4.69, 9.17) is 14.2 Å². The number of rotatable bonds is 8. The molecule has 0 atom stereocenters. The van der Waals surface area contributed by atoms with Gasteiger partial charge in [0.25, 0.3) is 0 Å². The molecule has 0 saturated heterocycles. The normalized spacial score (nSPS) is 12.7. The second-order valence-electron chi connectivity index (χ2n) is 5.01. The van der Waals surface area contributed by atoms with Crippen molar-refractivity contribution in [2.75, 3.05) is 33.6 Å². The molecule has 1 heterocycles. The van der Waals surface area contributed by atoms with Gasteiger partial charge in [-0.25, -0.2) is 0 Å². The highest BCUT2D eigenvalue weighted by Gasteiger charge is 2.13. The third-order valence-corrected chi connectivity index (χ3v) is 3.30. The first-order chi connectivity index (χ1) is 10.8. The van der Waals surface area contributed by atoms with Crippen molar-refractivity contribution in [3.05, 3.63) is 23.8 Å². The molecule has 0 bridgehead atoms. The zero-order chi connectivity index (χ0) is 15.6. The van der Waals surface area contributed by atoms with Gasteiger partial charge < -0.3 is 24.8 Å². The maximum atomic E-state index is 5.51. The number of hydrogen-bond acceptors (Lipinski definition) is 4. The molecular weight excluding hydrogens is 409 g/mol. The van der Waals surface area contributed by atoms with Crippen LogP contribution < -0.4 is 20.1 Å². The van der Waals surface area contributed by atoms with Crippen LogP contribution in [0.3, 0.4) is 0 Å². The highest BCUT2D eigenvalue weighted by Crippen LogP contribution is 2.32. The molecule has 0 unspecified atom stereocenters. The standard InChI is InChI=1S/C16H25N3O3.HI/c1-3-4-8-20-9-7-18-16(17-2)19-11-13-5-6-14-15(10-13)22-12-21-14;/h5-6,10H,3-4,7-9,11-12H2,1-2H3,(H2,17,18,19);1H. The monoisotopic (exact) mass is 435 g/mol. The molecule has 0 radical (unpaired) electrons. The first-order valence-corrected chi connectivity index (χ1v) is 7.74. The van der Waals surface area contributed by atoms with Gasteiger partial charge in [-0.15, -0.1) is 24.0 Å². The van der Waals surface area contributed by atoms with Crippen LogP contribution in [0.1, 0.15) is 25.3 Å². The molecule has 1 aromatic rings. The van der Waals surface area contributed by atoms with Crippen molar-refractivity contribution in [2.45, 2.75) is 26.3 Å². The fourth-order valence-electron chi connectivity index (χ4n) is 2.05. The summed E-state index contributed by atoms with van der Waals surface area (Å²) < 4.78 is 16.2. The van der Waals surface area contributed by atoms with Crippen molar-refractivity contribution in [1.82, 2.24) is 10.6 Å². The van der Waals surface area contributed by atoms with Crippen molar-refractivity contribution in [3.8, 4) is 11.5 Å². The molecule has 0 fully saturated rings. The van der Waals surface area contributed by atoms with Crippen LogP contribution in [0.5, 0.6) is 11.5 Å². The SMILES string of the molecule is CCCCOCCNC(=NC)NCc1ccc2c(c1)OCO2.I. The van der Waals surface area contributed by atoms with Gasteiger partial charge in [0.05, 0.1) is 6.61 Å². The van der Waals surface area contributed by atoms with E-state index in [0.29, 0.717) is 19.9 Å². The van der Waals surface area contributed by atoms with E-state index in [1.807, 2.05) is 18.2 Å². The van der Waals surface area contributed by atoms with E-state index >= 15 is 0 Å². The van der Waals surface area contributed by atoms with Gasteiger partial charge in [-0.1, -0.05) is 19.4 Å². The van der Waals surface area contributed by atoms with Gasteiger partial charge in [-0.3, -0.25) is 4.99 Å². The van der Waals surface area contributed by atoms with Gasteiger partial charge in [-0.05, 0) is 24.1 Å². The number of benzene rings is 1. The molecule has 0 aromatic heterocycles.